The molecule has 0 atom stereocenters. The number of hydrogen-bond donors (Lipinski definition) is 4. The molecule has 0 aromatic heterocycles. The van der Waals surface area contributed by atoms with Crippen LogP contribution < -0.4 is 22.1 Å². The Labute approximate surface area is 298 Å². The van der Waals surface area contributed by atoms with E-state index >= 15 is 0 Å². The summed E-state index contributed by atoms with van der Waals surface area (Å²) in [6, 6.07) is 0. The number of hydrogen-bond acceptors (Lipinski definition) is 4. The van der Waals surface area contributed by atoms with Crippen molar-refractivity contribution in [2.45, 2.75) is 212 Å². The first-order valence-corrected chi connectivity index (χ1v) is 20.8. The lowest BCUT2D eigenvalue weighted by molar-refractivity contribution is -0.121. The van der Waals surface area contributed by atoms with Crippen LogP contribution in [0, 0.1) is 0 Å². The number of rotatable bonds is 37. The third-order valence-corrected chi connectivity index (χ3v) is 9.63. The number of unbranched alkanes of at least 4 members (excludes halogenated alkanes) is 22. The quantitative estimate of drug-likeness (QED) is 0.0388. The minimum absolute atomic E-state index is 0.0975. The van der Waals surface area contributed by atoms with Crippen LogP contribution >= 0.6 is 0 Å². The molecule has 0 aromatic carbocycles. The first kappa shape index (κ1) is 46.3. The van der Waals surface area contributed by atoms with Crippen molar-refractivity contribution in [3.8, 4) is 0 Å². The summed E-state index contributed by atoms with van der Waals surface area (Å²) in [4.78, 5) is 24.6. The van der Waals surface area contributed by atoms with Crippen molar-refractivity contribution in [3.63, 3.8) is 0 Å². The summed E-state index contributed by atoms with van der Waals surface area (Å²) in [6.45, 7) is 5.93. The number of allylic oxidation sites excluding steroid dienone is 4. The van der Waals surface area contributed by atoms with Crippen LogP contribution in [0.2, 0.25) is 0 Å². The molecule has 2 amide bonds. The summed E-state index contributed by atoms with van der Waals surface area (Å²) in [5.74, 6) is 0.195. The smallest absolute Gasteiger partial charge is 0.219 e. The highest BCUT2D eigenvalue weighted by molar-refractivity contribution is 5.76. The van der Waals surface area contributed by atoms with Crippen molar-refractivity contribution in [2.75, 3.05) is 19.6 Å². The predicted molar refractivity (Wildman–Crippen MR) is 210 cm³/mol. The molecule has 0 rings (SSSR count). The first-order valence-electron chi connectivity index (χ1n) is 20.8. The maximum Gasteiger partial charge on any atom is 0.219 e. The maximum absolute atomic E-state index is 12.3. The normalized spacial score (nSPS) is 12.0. The minimum atomic E-state index is -0.577. The third-order valence-electron chi connectivity index (χ3n) is 9.63. The SMILES string of the molecule is CCCCCCCC/C=C\CCCCCCCC(=O)NCCC(N)(CN)CCNC(=O)CCCCCCC/C=C\CCCCCCCC. The fourth-order valence-corrected chi connectivity index (χ4v) is 6.12. The van der Waals surface area contributed by atoms with Crippen LogP contribution in [0.4, 0.5) is 0 Å². The van der Waals surface area contributed by atoms with Crippen molar-refractivity contribution in [3.05, 3.63) is 24.3 Å². The van der Waals surface area contributed by atoms with Gasteiger partial charge < -0.3 is 22.1 Å². The van der Waals surface area contributed by atoms with Gasteiger partial charge in [0.25, 0.3) is 0 Å². The van der Waals surface area contributed by atoms with Crippen LogP contribution in [0.1, 0.15) is 206 Å². The third kappa shape index (κ3) is 34.2. The van der Waals surface area contributed by atoms with Gasteiger partial charge in [-0.05, 0) is 77.0 Å². The Morgan fingerprint density at radius 2 is 0.771 bits per heavy atom. The Bertz CT molecular complexity index is 709. The summed E-state index contributed by atoms with van der Waals surface area (Å²) in [5.41, 5.74) is 11.9. The first-order chi connectivity index (χ1) is 23.5. The molecule has 0 unspecified atom stereocenters. The van der Waals surface area contributed by atoms with Gasteiger partial charge in [-0.25, -0.2) is 0 Å². The zero-order valence-corrected chi connectivity index (χ0v) is 32.1. The second-order valence-corrected chi connectivity index (χ2v) is 14.4. The average molecular weight is 675 g/mol. The largest absolute Gasteiger partial charge is 0.356 e. The van der Waals surface area contributed by atoms with E-state index in [1.165, 1.54) is 141 Å². The molecular weight excluding hydrogens is 592 g/mol. The van der Waals surface area contributed by atoms with Crippen LogP contribution in [0.25, 0.3) is 0 Å². The molecule has 0 radical (unpaired) electrons. The summed E-state index contributed by atoms with van der Waals surface area (Å²) in [7, 11) is 0. The molecule has 0 heterocycles. The predicted octanol–water partition coefficient (Wildman–Crippen LogP) is 10.7. The standard InChI is InChI=1S/C42H82N4O2/c1-3-5-7-9-11-13-15-17-19-21-23-25-27-29-31-33-40(47)45-37-35-42(44,39-43)36-38-46-41(48)34-32-30-28-26-24-22-20-18-16-14-12-10-8-6-4-2/h17-20H,3-16,21-39,43-44H2,1-2H3,(H,45,47)(H,46,48)/b19-17-,20-18-. The Morgan fingerprint density at radius 3 is 1.08 bits per heavy atom. The van der Waals surface area contributed by atoms with Gasteiger partial charge in [0.1, 0.15) is 0 Å². The molecule has 0 spiro atoms. The lowest BCUT2D eigenvalue weighted by atomic mass is 9.92. The highest BCUT2D eigenvalue weighted by atomic mass is 16.2. The van der Waals surface area contributed by atoms with Gasteiger partial charge in [0.2, 0.25) is 11.8 Å². The van der Waals surface area contributed by atoms with Crippen molar-refractivity contribution < 1.29 is 9.59 Å². The van der Waals surface area contributed by atoms with Gasteiger partial charge in [-0.2, -0.15) is 0 Å². The van der Waals surface area contributed by atoms with Gasteiger partial charge in [-0.3, -0.25) is 9.59 Å². The van der Waals surface area contributed by atoms with E-state index in [1.54, 1.807) is 0 Å². The van der Waals surface area contributed by atoms with Crippen LogP contribution in [0.5, 0.6) is 0 Å². The maximum atomic E-state index is 12.3. The van der Waals surface area contributed by atoms with E-state index in [2.05, 4.69) is 48.8 Å². The molecule has 0 bridgehead atoms. The fraction of sp³-hybridized carbons (Fsp3) is 0.857. The van der Waals surface area contributed by atoms with Crippen molar-refractivity contribution >= 4 is 11.8 Å². The van der Waals surface area contributed by atoms with Crippen molar-refractivity contribution in [1.82, 2.24) is 10.6 Å². The lowest BCUT2D eigenvalue weighted by Crippen LogP contribution is -2.51. The Hall–Kier alpha value is -1.66. The number of nitrogens with two attached hydrogens (primary N) is 2. The Morgan fingerprint density at radius 1 is 0.479 bits per heavy atom. The molecule has 6 N–H and O–H groups in total. The van der Waals surface area contributed by atoms with E-state index in [1.807, 2.05) is 0 Å². The molecule has 0 aliphatic rings. The molecule has 6 heteroatoms. The molecule has 6 nitrogen and oxygen atoms in total. The van der Waals surface area contributed by atoms with E-state index in [0.29, 0.717) is 45.3 Å². The molecule has 48 heavy (non-hydrogen) atoms. The molecular formula is C42H82N4O2. The van der Waals surface area contributed by atoms with Gasteiger partial charge >= 0.3 is 0 Å². The summed E-state index contributed by atoms with van der Waals surface area (Å²) in [5, 5.41) is 6.04. The second kappa shape index (κ2) is 36.6. The van der Waals surface area contributed by atoms with E-state index in [4.69, 9.17) is 11.5 Å². The van der Waals surface area contributed by atoms with E-state index in [-0.39, 0.29) is 11.8 Å². The summed E-state index contributed by atoms with van der Waals surface area (Å²) >= 11 is 0. The number of carbonyl (C=O) groups is 2. The molecule has 0 aromatic rings. The lowest BCUT2D eigenvalue weighted by Gasteiger charge is -2.28. The van der Waals surface area contributed by atoms with E-state index < -0.39 is 5.54 Å². The Balaban J connectivity index is 3.66. The highest BCUT2D eigenvalue weighted by Gasteiger charge is 2.23. The van der Waals surface area contributed by atoms with Gasteiger partial charge in [-0.15, -0.1) is 0 Å². The van der Waals surface area contributed by atoms with Crippen LogP contribution in [0.3, 0.4) is 0 Å². The van der Waals surface area contributed by atoms with Crippen LogP contribution in [0.15, 0.2) is 24.3 Å². The van der Waals surface area contributed by atoms with Crippen LogP contribution in [-0.4, -0.2) is 37.0 Å². The summed E-state index contributed by atoms with van der Waals surface area (Å²) < 4.78 is 0. The van der Waals surface area contributed by atoms with E-state index in [0.717, 1.165) is 25.7 Å². The number of amides is 2. The zero-order valence-electron chi connectivity index (χ0n) is 32.1. The fourth-order valence-electron chi connectivity index (χ4n) is 6.12. The summed E-state index contributed by atoms with van der Waals surface area (Å²) in [6.07, 6.45) is 44.5. The van der Waals surface area contributed by atoms with E-state index in [9.17, 15) is 9.59 Å². The molecule has 282 valence electrons. The van der Waals surface area contributed by atoms with Gasteiger partial charge in [0.15, 0.2) is 0 Å². The topological polar surface area (TPSA) is 110 Å². The molecule has 0 saturated heterocycles. The molecule has 0 saturated carbocycles. The Kier molecular flexibility index (Phi) is 35.3. The van der Waals surface area contributed by atoms with Gasteiger partial charge in [0, 0.05) is 38.0 Å². The zero-order chi connectivity index (χ0) is 35.2. The van der Waals surface area contributed by atoms with Crippen LogP contribution in [-0.2, 0) is 9.59 Å². The minimum Gasteiger partial charge on any atom is -0.356 e. The highest BCUT2D eigenvalue weighted by Crippen LogP contribution is 2.13. The molecule has 0 aliphatic heterocycles. The number of carbonyl (C=O) groups excluding carboxylic acids is 2. The second-order valence-electron chi connectivity index (χ2n) is 14.4. The van der Waals surface area contributed by atoms with Crippen molar-refractivity contribution in [1.29, 1.82) is 0 Å². The molecule has 0 fully saturated rings. The molecule has 0 aliphatic carbocycles. The monoisotopic (exact) mass is 675 g/mol. The van der Waals surface area contributed by atoms with Gasteiger partial charge in [0.05, 0.1) is 0 Å². The number of nitrogens with one attached hydrogen (secondary N) is 2. The average Bonchev–Trinajstić information content (AvgIpc) is 3.08. The van der Waals surface area contributed by atoms with Gasteiger partial charge in [-0.1, -0.05) is 141 Å². The van der Waals surface area contributed by atoms with Crippen molar-refractivity contribution in [2.24, 2.45) is 11.5 Å².